The maximum Gasteiger partial charge on any atom is 0.293 e. The number of nitro benzene ring substituents is 1. The number of nitrogens with zero attached hydrogens (tertiary/aromatic N) is 1. The fraction of sp³-hybridized carbons (Fsp3) is 0.500. The van der Waals surface area contributed by atoms with Gasteiger partial charge in [-0.25, -0.2) is 0 Å². The summed E-state index contributed by atoms with van der Waals surface area (Å²) in [7, 11) is 0. The molecule has 1 aromatic carbocycles. The molecule has 19 heavy (non-hydrogen) atoms. The van der Waals surface area contributed by atoms with Gasteiger partial charge < -0.3 is 5.32 Å². The molecule has 0 radical (unpaired) electrons. The van der Waals surface area contributed by atoms with Gasteiger partial charge in [0.25, 0.3) is 5.69 Å². The number of anilines is 1. The summed E-state index contributed by atoms with van der Waals surface area (Å²) in [6, 6.07) is 4.84. The van der Waals surface area contributed by atoms with E-state index in [9.17, 15) is 14.9 Å². The Hall–Kier alpha value is -1.91. The van der Waals surface area contributed by atoms with E-state index in [1.54, 1.807) is 19.1 Å². The minimum absolute atomic E-state index is 0.0419. The molecule has 1 aromatic rings. The van der Waals surface area contributed by atoms with E-state index in [4.69, 9.17) is 0 Å². The highest BCUT2D eigenvalue weighted by atomic mass is 16.6. The second kappa shape index (κ2) is 5.82. The number of amides is 1. The van der Waals surface area contributed by atoms with E-state index < -0.39 is 4.92 Å². The average Bonchev–Trinajstić information content (AvgIpc) is 2.83. The summed E-state index contributed by atoms with van der Waals surface area (Å²) in [6.45, 7) is 1.79. The van der Waals surface area contributed by atoms with Crippen molar-refractivity contribution in [2.75, 3.05) is 5.32 Å². The Bertz CT molecular complexity index is 493. The van der Waals surface area contributed by atoms with Crippen molar-refractivity contribution in [2.24, 2.45) is 5.92 Å². The Morgan fingerprint density at radius 3 is 2.74 bits per heavy atom. The van der Waals surface area contributed by atoms with E-state index in [0.717, 1.165) is 18.4 Å². The lowest BCUT2D eigenvalue weighted by molar-refractivity contribution is -0.384. The molecule has 1 fully saturated rings. The largest absolute Gasteiger partial charge is 0.320 e. The van der Waals surface area contributed by atoms with Crippen molar-refractivity contribution >= 4 is 17.3 Å². The van der Waals surface area contributed by atoms with Crippen LogP contribution in [-0.2, 0) is 4.79 Å². The summed E-state index contributed by atoms with van der Waals surface area (Å²) >= 11 is 0. The number of benzene rings is 1. The summed E-state index contributed by atoms with van der Waals surface area (Å²) in [4.78, 5) is 22.4. The van der Waals surface area contributed by atoms with Gasteiger partial charge in [0, 0.05) is 12.5 Å². The van der Waals surface area contributed by atoms with Gasteiger partial charge in [0.15, 0.2) is 0 Å². The molecule has 0 atom stereocenters. The molecule has 0 spiro atoms. The SMILES string of the molecule is Cc1ccc(NC(=O)CC2CCCC2)c([N+](=O)[O-])c1. The Morgan fingerprint density at radius 2 is 2.11 bits per heavy atom. The van der Waals surface area contributed by atoms with Gasteiger partial charge in [-0.15, -0.1) is 0 Å². The molecule has 5 nitrogen and oxygen atoms in total. The standard InChI is InChI=1S/C14H18N2O3/c1-10-6-7-12(13(8-10)16(18)19)15-14(17)9-11-4-2-3-5-11/h6-8,11H,2-5,9H2,1H3,(H,15,17). The van der Waals surface area contributed by atoms with Crippen LogP contribution >= 0.6 is 0 Å². The number of nitrogens with one attached hydrogen (secondary N) is 1. The molecule has 1 saturated carbocycles. The highest BCUT2D eigenvalue weighted by Crippen LogP contribution is 2.29. The molecular formula is C14H18N2O3. The van der Waals surface area contributed by atoms with Gasteiger partial charge in [0.1, 0.15) is 5.69 Å². The normalized spacial score (nSPS) is 15.4. The lowest BCUT2D eigenvalue weighted by atomic mass is 10.0. The number of carbonyl (C=O) groups is 1. The summed E-state index contributed by atoms with van der Waals surface area (Å²) in [5, 5.41) is 13.6. The zero-order chi connectivity index (χ0) is 13.8. The maximum absolute atomic E-state index is 11.9. The third kappa shape index (κ3) is 3.53. The van der Waals surface area contributed by atoms with E-state index in [2.05, 4.69) is 5.32 Å². The predicted molar refractivity (Wildman–Crippen MR) is 73.0 cm³/mol. The zero-order valence-electron chi connectivity index (χ0n) is 11.0. The molecule has 1 N–H and O–H groups in total. The van der Waals surface area contributed by atoms with Crippen LogP contribution in [0.4, 0.5) is 11.4 Å². The summed E-state index contributed by atoms with van der Waals surface area (Å²) in [5.74, 6) is 0.309. The first-order valence-electron chi connectivity index (χ1n) is 6.61. The lowest BCUT2D eigenvalue weighted by Gasteiger charge is -2.10. The fourth-order valence-corrected chi connectivity index (χ4v) is 2.58. The van der Waals surface area contributed by atoms with Gasteiger partial charge in [-0.1, -0.05) is 18.9 Å². The van der Waals surface area contributed by atoms with E-state index in [1.807, 2.05) is 0 Å². The van der Waals surface area contributed by atoms with Crippen molar-refractivity contribution < 1.29 is 9.72 Å². The molecule has 2 rings (SSSR count). The molecule has 0 aliphatic heterocycles. The molecule has 102 valence electrons. The van der Waals surface area contributed by atoms with Gasteiger partial charge in [0.05, 0.1) is 4.92 Å². The molecule has 1 amide bonds. The first kappa shape index (κ1) is 13.5. The number of aryl methyl sites for hydroxylation is 1. The van der Waals surface area contributed by atoms with Gasteiger partial charge >= 0.3 is 0 Å². The van der Waals surface area contributed by atoms with Crippen LogP contribution in [0.25, 0.3) is 0 Å². The van der Waals surface area contributed by atoms with E-state index >= 15 is 0 Å². The van der Waals surface area contributed by atoms with Crippen LogP contribution in [0, 0.1) is 23.0 Å². The molecule has 5 heteroatoms. The number of carbonyl (C=O) groups excluding carboxylic acids is 1. The Balaban J connectivity index is 2.05. The monoisotopic (exact) mass is 262 g/mol. The minimum Gasteiger partial charge on any atom is -0.320 e. The van der Waals surface area contributed by atoms with E-state index in [-0.39, 0.29) is 11.6 Å². The van der Waals surface area contributed by atoms with E-state index in [0.29, 0.717) is 18.0 Å². The summed E-state index contributed by atoms with van der Waals surface area (Å²) in [5.41, 5.74) is 1.05. The second-order valence-corrected chi connectivity index (χ2v) is 5.18. The number of hydrogen-bond acceptors (Lipinski definition) is 3. The van der Waals surface area contributed by atoms with Gasteiger partial charge in [-0.2, -0.15) is 0 Å². The quantitative estimate of drug-likeness (QED) is 0.667. The van der Waals surface area contributed by atoms with Crippen LogP contribution < -0.4 is 5.32 Å². The average molecular weight is 262 g/mol. The lowest BCUT2D eigenvalue weighted by Crippen LogP contribution is -2.16. The second-order valence-electron chi connectivity index (χ2n) is 5.18. The number of rotatable bonds is 4. The maximum atomic E-state index is 11.9. The summed E-state index contributed by atoms with van der Waals surface area (Å²) < 4.78 is 0. The van der Waals surface area contributed by atoms with Gasteiger partial charge in [-0.05, 0) is 37.3 Å². The molecular weight excluding hydrogens is 244 g/mol. The highest BCUT2D eigenvalue weighted by molar-refractivity contribution is 5.93. The van der Waals surface area contributed by atoms with Crippen molar-refractivity contribution in [1.29, 1.82) is 0 Å². The number of hydrogen-bond donors (Lipinski definition) is 1. The third-order valence-electron chi connectivity index (χ3n) is 3.57. The zero-order valence-corrected chi connectivity index (χ0v) is 11.0. The molecule has 1 aliphatic rings. The minimum atomic E-state index is -0.460. The smallest absolute Gasteiger partial charge is 0.293 e. The Morgan fingerprint density at radius 1 is 1.42 bits per heavy atom. The molecule has 0 unspecified atom stereocenters. The van der Waals surface area contributed by atoms with Crippen LogP contribution in [0.1, 0.15) is 37.7 Å². The van der Waals surface area contributed by atoms with Crippen molar-refractivity contribution in [3.8, 4) is 0 Å². The predicted octanol–water partition coefficient (Wildman–Crippen LogP) is 3.42. The van der Waals surface area contributed by atoms with Crippen LogP contribution in [0.2, 0.25) is 0 Å². The Labute approximate surface area is 112 Å². The summed E-state index contributed by atoms with van der Waals surface area (Å²) in [6.07, 6.45) is 5.00. The Kier molecular flexibility index (Phi) is 4.14. The van der Waals surface area contributed by atoms with E-state index in [1.165, 1.54) is 18.9 Å². The van der Waals surface area contributed by atoms with Crippen molar-refractivity contribution in [3.05, 3.63) is 33.9 Å². The third-order valence-corrected chi connectivity index (χ3v) is 3.57. The first-order chi connectivity index (χ1) is 9.06. The van der Waals surface area contributed by atoms with Gasteiger partial charge in [-0.3, -0.25) is 14.9 Å². The van der Waals surface area contributed by atoms with Crippen molar-refractivity contribution in [2.45, 2.75) is 39.0 Å². The van der Waals surface area contributed by atoms with Crippen LogP contribution in [-0.4, -0.2) is 10.8 Å². The highest BCUT2D eigenvalue weighted by Gasteiger charge is 2.21. The molecule has 0 aromatic heterocycles. The van der Waals surface area contributed by atoms with Crippen LogP contribution in [0.15, 0.2) is 18.2 Å². The first-order valence-corrected chi connectivity index (χ1v) is 6.61. The van der Waals surface area contributed by atoms with Crippen LogP contribution in [0.5, 0.6) is 0 Å². The molecule has 0 saturated heterocycles. The van der Waals surface area contributed by atoms with Crippen LogP contribution in [0.3, 0.4) is 0 Å². The molecule has 0 bridgehead atoms. The van der Waals surface area contributed by atoms with Crippen molar-refractivity contribution in [1.82, 2.24) is 0 Å². The topological polar surface area (TPSA) is 72.2 Å². The van der Waals surface area contributed by atoms with Crippen molar-refractivity contribution in [3.63, 3.8) is 0 Å². The van der Waals surface area contributed by atoms with Gasteiger partial charge in [0.2, 0.25) is 5.91 Å². The number of nitro groups is 1. The molecule has 0 heterocycles. The molecule has 1 aliphatic carbocycles. The fourth-order valence-electron chi connectivity index (χ4n) is 2.58.